The lowest BCUT2D eigenvalue weighted by atomic mass is 10.1. The molecular formula is C25H38ClN5O6. The summed E-state index contributed by atoms with van der Waals surface area (Å²) >= 11 is 0. The zero-order chi connectivity index (χ0) is 26.1. The van der Waals surface area contributed by atoms with Crippen LogP contribution in [0.25, 0.3) is 0 Å². The number of nitrogens with one attached hydrogen (secondary N) is 3. The number of fused-ring (bicyclic) bond motifs is 2. The number of rotatable bonds is 1. The molecule has 2 atom stereocenters. The minimum atomic E-state index is -0.742. The number of phenols is 1. The summed E-state index contributed by atoms with van der Waals surface area (Å²) in [5.41, 5.74) is 0.188. The van der Waals surface area contributed by atoms with Crippen molar-refractivity contribution in [3.63, 3.8) is 0 Å². The van der Waals surface area contributed by atoms with Crippen LogP contribution in [0.5, 0.6) is 11.5 Å². The summed E-state index contributed by atoms with van der Waals surface area (Å²) in [5, 5.41) is 18.7. The maximum Gasteiger partial charge on any atom is 0.258 e. The monoisotopic (exact) mass is 539 g/mol. The summed E-state index contributed by atoms with van der Waals surface area (Å²) in [5.74, 6) is -1.07. The molecule has 37 heavy (non-hydrogen) atoms. The van der Waals surface area contributed by atoms with Gasteiger partial charge in [0.1, 0.15) is 17.5 Å². The van der Waals surface area contributed by atoms with E-state index in [1.165, 1.54) is 18.2 Å². The van der Waals surface area contributed by atoms with Gasteiger partial charge in [0.25, 0.3) is 11.8 Å². The van der Waals surface area contributed by atoms with Gasteiger partial charge in [-0.05, 0) is 57.7 Å². The van der Waals surface area contributed by atoms with Crippen LogP contribution < -0.4 is 20.7 Å². The van der Waals surface area contributed by atoms with E-state index in [2.05, 4.69) is 16.0 Å². The number of hydrogen-bond acceptors (Lipinski definition) is 7. The summed E-state index contributed by atoms with van der Waals surface area (Å²) in [6.45, 7) is 3.99. The summed E-state index contributed by atoms with van der Waals surface area (Å²) in [6.07, 6.45) is 3.79. The molecule has 1 fully saturated rings. The second kappa shape index (κ2) is 14.6. The Morgan fingerprint density at radius 3 is 2.49 bits per heavy atom. The molecule has 12 heteroatoms. The Balaban J connectivity index is 0.00000481. The van der Waals surface area contributed by atoms with E-state index in [1.807, 2.05) is 4.90 Å². The van der Waals surface area contributed by atoms with Gasteiger partial charge in [0.15, 0.2) is 6.61 Å². The minimum Gasteiger partial charge on any atom is -0.508 e. The fourth-order valence-electron chi connectivity index (χ4n) is 4.41. The van der Waals surface area contributed by atoms with Crippen molar-refractivity contribution in [2.75, 3.05) is 46.4 Å². The van der Waals surface area contributed by atoms with Gasteiger partial charge >= 0.3 is 0 Å². The zero-order valence-electron chi connectivity index (χ0n) is 21.5. The highest BCUT2D eigenvalue weighted by Crippen LogP contribution is 2.22. The van der Waals surface area contributed by atoms with E-state index >= 15 is 0 Å². The van der Waals surface area contributed by atoms with Crippen molar-refractivity contribution < 1.29 is 29.0 Å². The lowest BCUT2D eigenvalue weighted by Gasteiger charge is -2.27. The van der Waals surface area contributed by atoms with Crippen LogP contribution >= 0.6 is 12.4 Å². The van der Waals surface area contributed by atoms with E-state index in [4.69, 9.17) is 4.74 Å². The van der Waals surface area contributed by atoms with Crippen molar-refractivity contribution in [1.29, 1.82) is 0 Å². The molecule has 2 bridgehead atoms. The number of carbonyl (C=O) groups is 4. The van der Waals surface area contributed by atoms with Crippen molar-refractivity contribution in [3.05, 3.63) is 23.8 Å². The summed E-state index contributed by atoms with van der Waals surface area (Å²) in [6, 6.07) is 3.13. The number of nitrogens with zero attached hydrogens (tertiary/aromatic N) is 2. The average molecular weight is 540 g/mol. The standard InChI is InChI=1S/C25H37N5O6.ClH/c1-17-24(34)29(2)10-3-4-11-30(25(35)21-7-5-8-26-21)12-6-9-27-23(33)18-13-19(31)15-20(14-18)36-16-22(32)28-17;/h13-15,17,21,26,31H,3-12,16H2,1-2H3,(H,27,33)(H,28,32);1H/t17-,21-;/m0./s1. The average Bonchev–Trinajstić information content (AvgIpc) is 3.39. The Morgan fingerprint density at radius 2 is 1.76 bits per heavy atom. The van der Waals surface area contributed by atoms with E-state index in [0.29, 0.717) is 39.0 Å². The third-order valence-electron chi connectivity index (χ3n) is 6.38. The molecule has 0 aromatic heterocycles. The van der Waals surface area contributed by atoms with Gasteiger partial charge in [0.2, 0.25) is 11.8 Å². The lowest BCUT2D eigenvalue weighted by molar-refractivity contribution is -0.135. The van der Waals surface area contributed by atoms with Gasteiger partial charge in [-0.3, -0.25) is 19.2 Å². The number of ether oxygens (including phenoxy) is 1. The normalized spacial score (nSPS) is 22.8. The van der Waals surface area contributed by atoms with Gasteiger partial charge < -0.3 is 35.6 Å². The number of aromatic hydroxyl groups is 1. The molecule has 2 aliphatic rings. The third kappa shape index (κ3) is 9.08. The van der Waals surface area contributed by atoms with Gasteiger partial charge in [-0.2, -0.15) is 0 Å². The van der Waals surface area contributed by atoms with Crippen LogP contribution in [-0.2, 0) is 14.4 Å². The maximum absolute atomic E-state index is 13.0. The molecule has 3 rings (SSSR count). The quantitative estimate of drug-likeness (QED) is 0.411. The fraction of sp³-hybridized carbons (Fsp3) is 0.600. The highest BCUT2D eigenvalue weighted by molar-refractivity contribution is 5.95. The van der Waals surface area contributed by atoms with Gasteiger partial charge in [-0.1, -0.05) is 0 Å². The topological polar surface area (TPSA) is 140 Å². The molecule has 11 nitrogen and oxygen atoms in total. The van der Waals surface area contributed by atoms with E-state index in [-0.39, 0.29) is 53.9 Å². The summed E-state index contributed by atoms with van der Waals surface area (Å²) < 4.78 is 5.44. The number of benzene rings is 1. The second-order valence-corrected chi connectivity index (χ2v) is 9.34. The Bertz CT molecular complexity index is 955. The van der Waals surface area contributed by atoms with Crippen molar-refractivity contribution in [2.24, 2.45) is 0 Å². The fourth-order valence-corrected chi connectivity index (χ4v) is 4.41. The molecule has 0 spiro atoms. The molecule has 0 unspecified atom stereocenters. The highest BCUT2D eigenvalue weighted by Gasteiger charge is 2.27. The van der Waals surface area contributed by atoms with Crippen LogP contribution in [0.4, 0.5) is 0 Å². The second-order valence-electron chi connectivity index (χ2n) is 9.34. The van der Waals surface area contributed by atoms with Crippen LogP contribution in [0.1, 0.15) is 49.4 Å². The van der Waals surface area contributed by atoms with Crippen molar-refractivity contribution >= 4 is 36.0 Å². The number of phenolic OH excluding ortho intramolecular Hbond substituents is 1. The zero-order valence-corrected chi connectivity index (χ0v) is 22.3. The van der Waals surface area contributed by atoms with Gasteiger partial charge in [-0.25, -0.2) is 0 Å². The minimum absolute atomic E-state index is 0. The number of carbonyl (C=O) groups excluding carboxylic acids is 4. The predicted molar refractivity (Wildman–Crippen MR) is 140 cm³/mol. The maximum atomic E-state index is 13.0. The van der Waals surface area contributed by atoms with E-state index < -0.39 is 17.9 Å². The van der Waals surface area contributed by atoms with Crippen LogP contribution in [0.2, 0.25) is 0 Å². The SMILES string of the molecule is C[C@@H]1NC(=O)COc2cc(O)cc(c2)C(=O)NCCCN(C(=O)[C@@H]2CCCN2)CCCCN(C)C1=O.Cl. The molecule has 0 saturated carbocycles. The molecule has 4 amide bonds. The first-order valence-electron chi connectivity index (χ1n) is 12.6. The molecule has 2 heterocycles. The van der Waals surface area contributed by atoms with E-state index in [0.717, 1.165) is 25.8 Å². The molecule has 1 saturated heterocycles. The van der Waals surface area contributed by atoms with Gasteiger partial charge in [-0.15, -0.1) is 12.4 Å². The van der Waals surface area contributed by atoms with Crippen LogP contribution in [0.15, 0.2) is 18.2 Å². The molecule has 4 N–H and O–H groups in total. The van der Waals surface area contributed by atoms with Crippen LogP contribution in [0, 0.1) is 0 Å². The molecule has 2 aliphatic heterocycles. The van der Waals surface area contributed by atoms with Gasteiger partial charge in [0, 0.05) is 44.9 Å². The molecular weight excluding hydrogens is 502 g/mol. The van der Waals surface area contributed by atoms with Crippen molar-refractivity contribution in [1.82, 2.24) is 25.8 Å². The first-order valence-corrected chi connectivity index (χ1v) is 12.6. The molecule has 0 aliphatic carbocycles. The van der Waals surface area contributed by atoms with Crippen LogP contribution in [0.3, 0.4) is 0 Å². The third-order valence-corrected chi connectivity index (χ3v) is 6.38. The summed E-state index contributed by atoms with van der Waals surface area (Å²) in [4.78, 5) is 54.0. The first-order chi connectivity index (χ1) is 17.2. The summed E-state index contributed by atoms with van der Waals surface area (Å²) in [7, 11) is 1.69. The molecule has 1 aromatic rings. The smallest absolute Gasteiger partial charge is 0.258 e. The van der Waals surface area contributed by atoms with Crippen molar-refractivity contribution in [2.45, 2.75) is 51.1 Å². The van der Waals surface area contributed by atoms with E-state index in [1.54, 1.807) is 18.9 Å². The Morgan fingerprint density at radius 1 is 1.03 bits per heavy atom. The Hall–Kier alpha value is -3.05. The number of likely N-dealkylation sites (N-methyl/N-ethyl adjacent to an activating group) is 1. The van der Waals surface area contributed by atoms with Gasteiger partial charge in [0.05, 0.1) is 6.04 Å². The number of halogens is 1. The Kier molecular flexibility index (Phi) is 11.9. The molecule has 0 radical (unpaired) electrons. The highest BCUT2D eigenvalue weighted by atomic mass is 35.5. The molecule has 206 valence electrons. The Labute approximate surface area is 223 Å². The largest absolute Gasteiger partial charge is 0.508 e. The lowest BCUT2D eigenvalue weighted by Crippen LogP contribution is -2.47. The van der Waals surface area contributed by atoms with Crippen LogP contribution in [-0.4, -0.2) is 97.0 Å². The molecule has 1 aromatic carbocycles. The van der Waals surface area contributed by atoms with E-state index in [9.17, 15) is 24.3 Å². The first kappa shape index (κ1) is 30.2. The number of amides is 4. The predicted octanol–water partition coefficient (Wildman–Crippen LogP) is 0.650. The number of hydrogen-bond donors (Lipinski definition) is 4. The van der Waals surface area contributed by atoms with Crippen molar-refractivity contribution in [3.8, 4) is 11.5 Å².